The highest BCUT2D eigenvalue weighted by Crippen LogP contribution is 2.26. The Morgan fingerprint density at radius 2 is 1.84 bits per heavy atom. The van der Waals surface area contributed by atoms with Crippen molar-refractivity contribution in [2.24, 2.45) is 0 Å². The second-order valence-corrected chi connectivity index (χ2v) is 6.08. The molecule has 0 spiro atoms. The molecule has 0 unspecified atom stereocenters. The van der Waals surface area contributed by atoms with Gasteiger partial charge in [0.15, 0.2) is 6.61 Å². The quantitative estimate of drug-likeness (QED) is 0.713. The number of hydrogen-bond donors (Lipinski definition) is 1. The first-order valence-corrected chi connectivity index (χ1v) is 7.94. The summed E-state index contributed by atoms with van der Waals surface area (Å²) in [5, 5.41) is 8.90. The highest BCUT2D eigenvalue weighted by atomic mass is 79.9. The summed E-state index contributed by atoms with van der Waals surface area (Å²) in [6, 6.07) is 11.2. The molecule has 0 heterocycles. The third kappa shape index (κ3) is 6.66. The molecule has 0 atom stereocenters. The molecule has 0 radical (unpaired) electrons. The summed E-state index contributed by atoms with van der Waals surface area (Å²) in [6.45, 7) is -1.33. The van der Waals surface area contributed by atoms with Crippen LogP contribution in [0.4, 0.5) is 13.2 Å². The molecule has 25 heavy (non-hydrogen) atoms. The summed E-state index contributed by atoms with van der Waals surface area (Å²) < 4.78 is 47.6. The zero-order valence-electron chi connectivity index (χ0n) is 12.8. The van der Waals surface area contributed by atoms with Crippen LogP contribution >= 0.6 is 15.9 Å². The number of rotatable bonds is 7. The molecule has 0 aliphatic carbocycles. The molecule has 0 bridgehead atoms. The molecule has 2 rings (SSSR count). The molecule has 2 aromatic rings. The molecule has 1 N–H and O–H groups in total. The standard InChI is InChI=1S/C17H14BrF3O4/c18-13-5-11(6-14(8-13)25-10-17(19,20)21)9-24-15-4-2-1-3-12(15)7-16(22)23/h1-6,8H,7,9-10H2,(H,22,23). The lowest BCUT2D eigenvalue weighted by Crippen LogP contribution is -2.19. The molecule has 0 saturated heterocycles. The number of carbonyl (C=O) groups is 1. The third-order valence-electron chi connectivity index (χ3n) is 3.04. The first-order chi connectivity index (χ1) is 11.7. The summed E-state index contributed by atoms with van der Waals surface area (Å²) in [5.41, 5.74) is 1.09. The fourth-order valence-corrected chi connectivity index (χ4v) is 2.59. The number of carboxylic acids is 1. The van der Waals surface area contributed by atoms with Crippen molar-refractivity contribution in [3.8, 4) is 11.5 Å². The number of para-hydroxylation sites is 1. The van der Waals surface area contributed by atoms with E-state index in [0.29, 0.717) is 21.3 Å². The van der Waals surface area contributed by atoms with Crippen molar-refractivity contribution in [3.63, 3.8) is 0 Å². The lowest BCUT2D eigenvalue weighted by Gasteiger charge is -2.13. The molecule has 0 fully saturated rings. The van der Waals surface area contributed by atoms with E-state index >= 15 is 0 Å². The Bertz CT molecular complexity index is 747. The maximum atomic E-state index is 12.3. The van der Waals surface area contributed by atoms with Gasteiger partial charge >= 0.3 is 12.1 Å². The largest absolute Gasteiger partial charge is 0.489 e. The fraction of sp³-hybridized carbons (Fsp3) is 0.235. The van der Waals surface area contributed by atoms with E-state index in [1.807, 2.05) is 0 Å². The number of hydrogen-bond acceptors (Lipinski definition) is 3. The first kappa shape index (κ1) is 19.1. The van der Waals surface area contributed by atoms with E-state index in [0.717, 1.165) is 0 Å². The average molecular weight is 419 g/mol. The number of carboxylic acid groups (broad SMARTS) is 1. The molecule has 2 aromatic carbocycles. The lowest BCUT2D eigenvalue weighted by molar-refractivity contribution is -0.153. The average Bonchev–Trinajstić information content (AvgIpc) is 2.50. The monoisotopic (exact) mass is 418 g/mol. The van der Waals surface area contributed by atoms with Crippen LogP contribution in [0.1, 0.15) is 11.1 Å². The SMILES string of the molecule is O=C(O)Cc1ccccc1OCc1cc(Br)cc(OCC(F)(F)F)c1. The molecule has 134 valence electrons. The van der Waals surface area contributed by atoms with Crippen LogP contribution < -0.4 is 9.47 Å². The summed E-state index contributed by atoms with van der Waals surface area (Å²) in [5.74, 6) is -0.520. The first-order valence-electron chi connectivity index (χ1n) is 7.14. The van der Waals surface area contributed by atoms with E-state index in [-0.39, 0.29) is 18.8 Å². The number of ether oxygens (including phenoxy) is 2. The highest BCUT2D eigenvalue weighted by molar-refractivity contribution is 9.10. The van der Waals surface area contributed by atoms with Gasteiger partial charge in [0.25, 0.3) is 0 Å². The van der Waals surface area contributed by atoms with Crippen LogP contribution in [-0.2, 0) is 17.8 Å². The van der Waals surface area contributed by atoms with E-state index < -0.39 is 18.8 Å². The zero-order valence-corrected chi connectivity index (χ0v) is 14.4. The molecule has 0 amide bonds. The molecular formula is C17H14BrF3O4. The van der Waals surface area contributed by atoms with Gasteiger partial charge in [-0.05, 0) is 29.8 Å². The van der Waals surface area contributed by atoms with Crippen molar-refractivity contribution in [2.45, 2.75) is 19.2 Å². The minimum Gasteiger partial charge on any atom is -0.489 e. The normalized spacial score (nSPS) is 11.2. The third-order valence-corrected chi connectivity index (χ3v) is 3.50. The van der Waals surface area contributed by atoms with Crippen molar-refractivity contribution >= 4 is 21.9 Å². The van der Waals surface area contributed by atoms with Crippen molar-refractivity contribution in [3.05, 3.63) is 58.1 Å². The number of alkyl halides is 3. The van der Waals surface area contributed by atoms with Crippen molar-refractivity contribution in [1.29, 1.82) is 0 Å². The topological polar surface area (TPSA) is 55.8 Å². The Balaban J connectivity index is 2.08. The van der Waals surface area contributed by atoms with E-state index in [1.165, 1.54) is 12.1 Å². The second kappa shape index (κ2) is 8.24. The van der Waals surface area contributed by atoms with Gasteiger partial charge < -0.3 is 14.6 Å². The van der Waals surface area contributed by atoms with Gasteiger partial charge in [-0.25, -0.2) is 0 Å². The maximum Gasteiger partial charge on any atom is 0.422 e. The number of halogens is 4. The van der Waals surface area contributed by atoms with Gasteiger partial charge in [-0.1, -0.05) is 34.1 Å². The van der Waals surface area contributed by atoms with Gasteiger partial charge in [0, 0.05) is 10.0 Å². The van der Waals surface area contributed by atoms with Gasteiger partial charge in [-0.15, -0.1) is 0 Å². The van der Waals surface area contributed by atoms with Crippen LogP contribution in [0.3, 0.4) is 0 Å². The van der Waals surface area contributed by atoms with Gasteiger partial charge in [0.1, 0.15) is 18.1 Å². The Labute approximate surface area is 150 Å². The summed E-state index contributed by atoms with van der Waals surface area (Å²) in [6.07, 6.45) is -4.61. The van der Waals surface area contributed by atoms with Gasteiger partial charge in [-0.3, -0.25) is 4.79 Å². The minimum absolute atomic E-state index is 0.0540. The summed E-state index contributed by atoms with van der Waals surface area (Å²) in [4.78, 5) is 10.9. The van der Waals surface area contributed by atoms with E-state index in [4.69, 9.17) is 14.6 Å². The van der Waals surface area contributed by atoms with Crippen LogP contribution in [0.5, 0.6) is 11.5 Å². The predicted octanol–water partition coefficient (Wildman–Crippen LogP) is 4.60. The van der Waals surface area contributed by atoms with Crippen molar-refractivity contribution in [1.82, 2.24) is 0 Å². The molecule has 0 aromatic heterocycles. The molecule has 8 heteroatoms. The zero-order chi connectivity index (χ0) is 18.4. The smallest absolute Gasteiger partial charge is 0.422 e. The molecular weight excluding hydrogens is 405 g/mol. The van der Waals surface area contributed by atoms with E-state index in [9.17, 15) is 18.0 Å². The molecule has 0 saturated carbocycles. The Morgan fingerprint density at radius 3 is 2.52 bits per heavy atom. The molecule has 0 aliphatic rings. The fourth-order valence-electron chi connectivity index (χ4n) is 2.07. The number of aliphatic carboxylic acids is 1. The van der Waals surface area contributed by atoms with E-state index in [2.05, 4.69) is 15.9 Å². The van der Waals surface area contributed by atoms with Gasteiger partial charge in [0.05, 0.1) is 6.42 Å². The van der Waals surface area contributed by atoms with Gasteiger partial charge in [0.2, 0.25) is 0 Å². The second-order valence-electron chi connectivity index (χ2n) is 5.17. The Kier molecular flexibility index (Phi) is 6.30. The molecule has 4 nitrogen and oxygen atoms in total. The Hall–Kier alpha value is -2.22. The lowest BCUT2D eigenvalue weighted by atomic mass is 10.1. The highest BCUT2D eigenvalue weighted by Gasteiger charge is 2.28. The van der Waals surface area contributed by atoms with Crippen LogP contribution in [0.25, 0.3) is 0 Å². The predicted molar refractivity (Wildman–Crippen MR) is 87.8 cm³/mol. The summed E-state index contributed by atoms with van der Waals surface area (Å²) >= 11 is 3.21. The number of benzene rings is 2. The van der Waals surface area contributed by atoms with Crippen LogP contribution in [0.2, 0.25) is 0 Å². The van der Waals surface area contributed by atoms with Gasteiger partial charge in [-0.2, -0.15) is 13.2 Å². The Morgan fingerprint density at radius 1 is 1.12 bits per heavy atom. The molecule has 0 aliphatic heterocycles. The van der Waals surface area contributed by atoms with Crippen LogP contribution in [0.15, 0.2) is 46.9 Å². The van der Waals surface area contributed by atoms with Crippen LogP contribution in [0, 0.1) is 0 Å². The minimum atomic E-state index is -4.42. The van der Waals surface area contributed by atoms with Crippen molar-refractivity contribution < 1.29 is 32.5 Å². The van der Waals surface area contributed by atoms with E-state index in [1.54, 1.807) is 30.3 Å². The maximum absolute atomic E-state index is 12.3. The summed E-state index contributed by atoms with van der Waals surface area (Å²) in [7, 11) is 0. The van der Waals surface area contributed by atoms with Crippen LogP contribution in [-0.4, -0.2) is 23.9 Å². The van der Waals surface area contributed by atoms with Crippen molar-refractivity contribution in [2.75, 3.05) is 6.61 Å².